The van der Waals surface area contributed by atoms with Gasteiger partial charge in [-0.15, -0.1) is 0 Å². The molecule has 0 bridgehead atoms. The van der Waals surface area contributed by atoms with Gasteiger partial charge in [-0.1, -0.05) is 52.5 Å². The average Bonchev–Trinajstić information content (AvgIpc) is 2.62. The van der Waals surface area contributed by atoms with Crippen LogP contribution in [0.5, 0.6) is 5.75 Å². The van der Waals surface area contributed by atoms with Crippen molar-refractivity contribution in [3.05, 3.63) is 70.1 Å². The van der Waals surface area contributed by atoms with Gasteiger partial charge in [0.1, 0.15) is 12.3 Å². The van der Waals surface area contributed by atoms with E-state index in [1.165, 1.54) is 7.11 Å². The molecular formula is C19H17BrF3NO2S. The van der Waals surface area contributed by atoms with Crippen molar-refractivity contribution in [2.75, 3.05) is 13.7 Å². The maximum atomic E-state index is 13.0. The third-order valence-electron chi connectivity index (χ3n) is 3.49. The zero-order valence-electron chi connectivity index (χ0n) is 14.4. The van der Waals surface area contributed by atoms with Crippen LogP contribution in [-0.2, 0) is 11.3 Å². The van der Waals surface area contributed by atoms with Gasteiger partial charge < -0.3 is 9.64 Å². The number of benzene rings is 2. The molecule has 0 aliphatic carbocycles. The Bertz CT molecular complexity index is 812. The number of carbonyl (C=O) groups is 1. The standard InChI is InChI=1S/C19H17BrF3NO2S/c1-13(27-16-6-4-3-5-7-16)18(25)24(12-19(21,22)23)11-14-10-15(26-2)8-9-17(14)20/h3-10H,1,11-12H2,2H3. The van der Waals surface area contributed by atoms with E-state index >= 15 is 0 Å². The van der Waals surface area contributed by atoms with E-state index in [0.717, 1.165) is 21.6 Å². The van der Waals surface area contributed by atoms with Crippen LogP contribution in [-0.4, -0.2) is 30.6 Å². The van der Waals surface area contributed by atoms with Crippen molar-refractivity contribution in [3.8, 4) is 5.75 Å². The summed E-state index contributed by atoms with van der Waals surface area (Å²) in [6.45, 7) is 2.06. The molecule has 0 heterocycles. The minimum Gasteiger partial charge on any atom is -0.497 e. The summed E-state index contributed by atoms with van der Waals surface area (Å²) >= 11 is 4.34. The Balaban J connectivity index is 2.23. The molecule has 0 spiro atoms. The van der Waals surface area contributed by atoms with Gasteiger partial charge in [0.15, 0.2) is 0 Å². The van der Waals surface area contributed by atoms with Crippen molar-refractivity contribution < 1.29 is 22.7 Å². The van der Waals surface area contributed by atoms with Crippen LogP contribution in [0.15, 0.2) is 69.4 Å². The van der Waals surface area contributed by atoms with Crippen LogP contribution in [0.4, 0.5) is 13.2 Å². The first-order valence-corrected chi connectivity index (χ1v) is 9.41. The van der Waals surface area contributed by atoms with E-state index < -0.39 is 18.6 Å². The molecule has 0 saturated heterocycles. The van der Waals surface area contributed by atoms with Crippen LogP contribution in [0.25, 0.3) is 0 Å². The second-order valence-corrected chi connectivity index (χ2v) is 7.59. The normalized spacial score (nSPS) is 11.1. The zero-order valence-corrected chi connectivity index (χ0v) is 16.8. The van der Waals surface area contributed by atoms with Gasteiger partial charge in [0, 0.05) is 15.9 Å². The topological polar surface area (TPSA) is 29.5 Å². The predicted octanol–water partition coefficient (Wildman–Crippen LogP) is 5.65. The van der Waals surface area contributed by atoms with Crippen LogP contribution < -0.4 is 4.74 Å². The van der Waals surface area contributed by atoms with Crippen LogP contribution in [0.2, 0.25) is 0 Å². The molecule has 8 heteroatoms. The highest BCUT2D eigenvalue weighted by atomic mass is 79.9. The SMILES string of the molecule is C=C(Sc1ccccc1)C(=O)N(Cc1cc(OC)ccc1Br)CC(F)(F)F. The fraction of sp³-hybridized carbons (Fsp3) is 0.211. The molecular weight excluding hydrogens is 443 g/mol. The molecule has 2 aromatic rings. The molecule has 0 aliphatic rings. The third-order valence-corrected chi connectivity index (χ3v) is 5.20. The molecule has 27 heavy (non-hydrogen) atoms. The molecule has 2 rings (SSSR count). The number of amides is 1. The Morgan fingerprint density at radius 3 is 2.48 bits per heavy atom. The lowest BCUT2D eigenvalue weighted by Crippen LogP contribution is -2.38. The van der Waals surface area contributed by atoms with E-state index in [9.17, 15) is 18.0 Å². The van der Waals surface area contributed by atoms with Crippen molar-refractivity contribution in [3.63, 3.8) is 0 Å². The Morgan fingerprint density at radius 1 is 1.22 bits per heavy atom. The number of nitrogens with zero attached hydrogens (tertiary/aromatic N) is 1. The Morgan fingerprint density at radius 2 is 1.89 bits per heavy atom. The van der Waals surface area contributed by atoms with Crippen molar-refractivity contribution in [1.29, 1.82) is 0 Å². The molecule has 3 nitrogen and oxygen atoms in total. The van der Waals surface area contributed by atoms with Gasteiger partial charge >= 0.3 is 6.18 Å². The molecule has 144 valence electrons. The van der Waals surface area contributed by atoms with Crippen LogP contribution >= 0.6 is 27.7 Å². The molecule has 0 aliphatic heterocycles. The molecule has 0 atom stereocenters. The number of rotatable bonds is 7. The minimum atomic E-state index is -4.53. The fourth-order valence-corrected chi connectivity index (χ4v) is 3.44. The monoisotopic (exact) mass is 459 g/mol. The van der Waals surface area contributed by atoms with Gasteiger partial charge in [-0.25, -0.2) is 0 Å². The third kappa shape index (κ3) is 6.62. The first-order chi connectivity index (χ1) is 12.7. The highest BCUT2D eigenvalue weighted by Crippen LogP contribution is 2.30. The second-order valence-electron chi connectivity index (χ2n) is 5.57. The van der Waals surface area contributed by atoms with E-state index in [2.05, 4.69) is 22.5 Å². The summed E-state index contributed by atoms with van der Waals surface area (Å²) in [6, 6.07) is 13.8. The van der Waals surface area contributed by atoms with E-state index in [1.807, 2.05) is 6.07 Å². The lowest BCUT2D eigenvalue weighted by atomic mass is 10.2. The second kappa shape index (κ2) is 9.32. The molecule has 0 saturated carbocycles. The number of thioether (sulfide) groups is 1. The zero-order chi connectivity index (χ0) is 20.0. The van der Waals surface area contributed by atoms with E-state index in [0.29, 0.717) is 15.8 Å². The maximum Gasteiger partial charge on any atom is 0.406 e. The smallest absolute Gasteiger partial charge is 0.406 e. The summed E-state index contributed by atoms with van der Waals surface area (Å²) in [5, 5.41) is 0. The van der Waals surface area contributed by atoms with Gasteiger partial charge in [-0.05, 0) is 35.9 Å². The van der Waals surface area contributed by atoms with Gasteiger partial charge in [-0.2, -0.15) is 13.2 Å². The molecule has 0 N–H and O–H groups in total. The Labute approximate surface area is 168 Å². The van der Waals surface area contributed by atoms with Gasteiger partial charge in [0.05, 0.1) is 12.0 Å². The van der Waals surface area contributed by atoms with Crippen LogP contribution in [0, 0.1) is 0 Å². The summed E-state index contributed by atoms with van der Waals surface area (Å²) in [5.74, 6) is -0.277. The lowest BCUT2D eigenvalue weighted by Gasteiger charge is -2.25. The van der Waals surface area contributed by atoms with Gasteiger partial charge in [0.25, 0.3) is 5.91 Å². The number of alkyl halides is 3. The highest BCUT2D eigenvalue weighted by molar-refractivity contribution is 9.10. The number of methoxy groups -OCH3 is 1. The van der Waals surface area contributed by atoms with Gasteiger partial charge in [-0.3, -0.25) is 4.79 Å². The quantitative estimate of drug-likeness (QED) is 0.395. The number of ether oxygens (including phenoxy) is 1. The summed E-state index contributed by atoms with van der Waals surface area (Å²) < 4.78 is 44.8. The Kier molecular flexibility index (Phi) is 7.38. The molecule has 0 unspecified atom stereocenters. The van der Waals surface area contributed by atoms with Crippen molar-refractivity contribution in [2.24, 2.45) is 0 Å². The lowest BCUT2D eigenvalue weighted by molar-refractivity contribution is -0.159. The number of hydrogen-bond acceptors (Lipinski definition) is 3. The number of carbonyl (C=O) groups excluding carboxylic acids is 1. The molecule has 0 radical (unpaired) electrons. The van der Waals surface area contributed by atoms with E-state index in [-0.39, 0.29) is 11.4 Å². The van der Waals surface area contributed by atoms with Crippen LogP contribution in [0.1, 0.15) is 5.56 Å². The van der Waals surface area contributed by atoms with Crippen LogP contribution in [0.3, 0.4) is 0 Å². The largest absolute Gasteiger partial charge is 0.497 e. The molecule has 0 fully saturated rings. The molecule has 1 amide bonds. The Hall–Kier alpha value is -1.93. The molecule has 0 aromatic heterocycles. The first kappa shape index (κ1) is 21.4. The minimum absolute atomic E-state index is 0.0180. The van der Waals surface area contributed by atoms with Crippen molar-refractivity contribution in [1.82, 2.24) is 4.90 Å². The predicted molar refractivity (Wildman–Crippen MR) is 104 cm³/mol. The maximum absolute atomic E-state index is 13.0. The van der Waals surface area contributed by atoms with Crippen molar-refractivity contribution in [2.45, 2.75) is 17.6 Å². The summed E-state index contributed by atoms with van der Waals surface area (Å²) in [5.41, 5.74) is 0.504. The van der Waals surface area contributed by atoms with Crippen molar-refractivity contribution >= 4 is 33.6 Å². The first-order valence-electron chi connectivity index (χ1n) is 7.80. The van der Waals surface area contributed by atoms with E-state index in [4.69, 9.17) is 4.74 Å². The highest BCUT2D eigenvalue weighted by Gasteiger charge is 2.34. The number of halogens is 4. The summed E-state index contributed by atoms with van der Waals surface area (Å²) in [6.07, 6.45) is -4.53. The number of hydrogen-bond donors (Lipinski definition) is 0. The fourth-order valence-electron chi connectivity index (χ4n) is 2.27. The summed E-state index contributed by atoms with van der Waals surface area (Å²) in [4.78, 5) is 14.1. The summed E-state index contributed by atoms with van der Waals surface area (Å²) in [7, 11) is 1.46. The average molecular weight is 460 g/mol. The molecule has 2 aromatic carbocycles. The van der Waals surface area contributed by atoms with Gasteiger partial charge in [0.2, 0.25) is 0 Å². The van der Waals surface area contributed by atoms with E-state index in [1.54, 1.807) is 42.5 Å².